The summed E-state index contributed by atoms with van der Waals surface area (Å²) in [4.78, 5) is 0. The second-order valence-corrected chi connectivity index (χ2v) is 6.13. The van der Waals surface area contributed by atoms with Crippen LogP contribution in [-0.2, 0) is 0 Å². The van der Waals surface area contributed by atoms with E-state index >= 15 is 0 Å². The molecule has 0 heterocycles. The highest BCUT2D eigenvalue weighted by Crippen LogP contribution is 2.30. The summed E-state index contributed by atoms with van der Waals surface area (Å²) >= 11 is 11.9. The van der Waals surface area contributed by atoms with Crippen LogP contribution in [0.3, 0.4) is 0 Å². The Morgan fingerprint density at radius 2 is 1.71 bits per heavy atom. The Hall–Kier alpha value is -1.09. The van der Waals surface area contributed by atoms with Gasteiger partial charge in [0, 0.05) is 17.1 Å². The summed E-state index contributed by atoms with van der Waals surface area (Å²) in [6.45, 7) is 6.09. The van der Waals surface area contributed by atoms with Crippen LogP contribution in [0.4, 0.5) is 4.39 Å². The zero-order valence-corrected chi connectivity index (χ0v) is 13.8. The number of halogens is 3. The van der Waals surface area contributed by atoms with Gasteiger partial charge >= 0.3 is 0 Å². The highest BCUT2D eigenvalue weighted by atomic mass is 35.5. The number of nitrogens with one attached hydrogen (secondary N) is 1. The van der Waals surface area contributed by atoms with Crippen molar-refractivity contribution in [1.82, 2.24) is 5.32 Å². The molecule has 0 aromatic heterocycles. The molecule has 2 aromatic rings. The molecule has 0 saturated carbocycles. The maximum atomic E-state index is 13.6. The minimum atomic E-state index is -0.451. The molecule has 112 valence electrons. The Kier molecular flexibility index (Phi) is 5.26. The maximum Gasteiger partial charge on any atom is 0.142 e. The molecule has 1 unspecified atom stereocenters. The first-order valence-corrected chi connectivity index (χ1v) is 7.61. The lowest BCUT2D eigenvalue weighted by Crippen LogP contribution is -2.23. The monoisotopic (exact) mass is 325 g/mol. The average Bonchev–Trinajstić information content (AvgIpc) is 2.42. The smallest absolute Gasteiger partial charge is 0.142 e. The van der Waals surface area contributed by atoms with E-state index in [1.165, 1.54) is 23.3 Å². The Morgan fingerprint density at radius 3 is 2.38 bits per heavy atom. The minimum Gasteiger partial charge on any atom is -0.304 e. The van der Waals surface area contributed by atoms with Gasteiger partial charge in [-0.2, -0.15) is 0 Å². The van der Waals surface area contributed by atoms with Gasteiger partial charge in [-0.1, -0.05) is 53.0 Å². The van der Waals surface area contributed by atoms with Crippen molar-refractivity contribution in [2.24, 2.45) is 0 Å². The molecule has 4 heteroatoms. The van der Waals surface area contributed by atoms with Gasteiger partial charge in [-0.3, -0.25) is 0 Å². The lowest BCUT2D eigenvalue weighted by molar-refractivity contribution is 0.492. The first-order valence-electron chi connectivity index (χ1n) is 6.85. The summed E-state index contributed by atoms with van der Waals surface area (Å²) in [7, 11) is 0. The molecule has 2 atom stereocenters. The van der Waals surface area contributed by atoms with E-state index in [0.717, 1.165) is 0 Å². The summed E-state index contributed by atoms with van der Waals surface area (Å²) in [5.41, 5.74) is 3.11. The van der Waals surface area contributed by atoms with Crippen molar-refractivity contribution >= 4 is 23.2 Å². The van der Waals surface area contributed by atoms with Crippen molar-refractivity contribution in [3.05, 3.63) is 69.0 Å². The van der Waals surface area contributed by atoms with Crippen LogP contribution in [0.1, 0.15) is 42.6 Å². The molecule has 0 aliphatic carbocycles. The van der Waals surface area contributed by atoms with Gasteiger partial charge in [-0.25, -0.2) is 4.39 Å². The van der Waals surface area contributed by atoms with E-state index in [9.17, 15) is 4.39 Å². The van der Waals surface area contributed by atoms with Crippen molar-refractivity contribution < 1.29 is 4.39 Å². The van der Waals surface area contributed by atoms with Gasteiger partial charge in [-0.15, -0.1) is 0 Å². The van der Waals surface area contributed by atoms with Crippen molar-refractivity contribution in [3.63, 3.8) is 0 Å². The van der Waals surface area contributed by atoms with Crippen LogP contribution in [-0.4, -0.2) is 0 Å². The van der Waals surface area contributed by atoms with E-state index in [-0.39, 0.29) is 17.1 Å². The number of aryl methyl sites for hydroxylation is 1. The van der Waals surface area contributed by atoms with Gasteiger partial charge in [0.25, 0.3) is 0 Å². The van der Waals surface area contributed by atoms with Crippen LogP contribution >= 0.6 is 23.2 Å². The van der Waals surface area contributed by atoms with Crippen LogP contribution in [0, 0.1) is 12.7 Å². The molecule has 0 fully saturated rings. The molecule has 21 heavy (non-hydrogen) atoms. The largest absolute Gasteiger partial charge is 0.304 e. The first kappa shape index (κ1) is 16.3. The zero-order chi connectivity index (χ0) is 15.6. The molecule has 1 nitrogen and oxygen atoms in total. The number of hydrogen-bond acceptors (Lipinski definition) is 1. The van der Waals surface area contributed by atoms with Gasteiger partial charge < -0.3 is 5.32 Å². The fraction of sp³-hybridized carbons (Fsp3) is 0.294. The zero-order valence-electron chi connectivity index (χ0n) is 12.3. The van der Waals surface area contributed by atoms with Gasteiger partial charge in [0.05, 0.1) is 5.02 Å². The number of hydrogen-bond donors (Lipinski definition) is 1. The molecule has 2 rings (SSSR count). The SMILES string of the molecule is Cc1cccc([C@H](C)NC(C)c2cc(F)c(Cl)cc2Cl)c1. The van der Waals surface area contributed by atoms with Crippen molar-refractivity contribution in [3.8, 4) is 0 Å². The molecule has 0 radical (unpaired) electrons. The second-order valence-electron chi connectivity index (χ2n) is 5.31. The molecule has 1 N–H and O–H groups in total. The summed E-state index contributed by atoms with van der Waals surface area (Å²) in [6, 6.07) is 11.2. The van der Waals surface area contributed by atoms with E-state index in [0.29, 0.717) is 10.6 Å². The summed E-state index contributed by atoms with van der Waals surface area (Å²) in [6.07, 6.45) is 0. The normalized spacial score (nSPS) is 14.0. The standard InChI is InChI=1S/C17H18Cl2FN/c1-10-5-4-6-13(7-10)11(2)21-12(3)14-8-17(20)16(19)9-15(14)18/h4-9,11-12,21H,1-3H3/t11-,12?/m0/s1. The predicted molar refractivity (Wildman–Crippen MR) is 87.6 cm³/mol. The molecule has 0 aliphatic rings. The summed E-state index contributed by atoms with van der Waals surface area (Å²) < 4.78 is 13.6. The van der Waals surface area contributed by atoms with E-state index in [2.05, 4.69) is 37.4 Å². The average molecular weight is 326 g/mol. The van der Waals surface area contributed by atoms with Gasteiger partial charge in [0.2, 0.25) is 0 Å². The second kappa shape index (κ2) is 6.78. The lowest BCUT2D eigenvalue weighted by Gasteiger charge is -2.22. The number of rotatable bonds is 4. The van der Waals surface area contributed by atoms with Gasteiger partial charge in [0.15, 0.2) is 0 Å². The Balaban J connectivity index is 2.18. The summed E-state index contributed by atoms with van der Waals surface area (Å²) in [5.74, 6) is -0.451. The molecule has 0 saturated heterocycles. The van der Waals surface area contributed by atoms with Crippen LogP contribution in [0.5, 0.6) is 0 Å². The molecular formula is C17H18Cl2FN. The molecular weight excluding hydrogens is 308 g/mol. The number of benzene rings is 2. The topological polar surface area (TPSA) is 12.0 Å². The summed E-state index contributed by atoms with van der Waals surface area (Å²) in [5, 5.41) is 3.95. The fourth-order valence-electron chi connectivity index (χ4n) is 2.37. The Bertz CT molecular complexity index is 643. The van der Waals surface area contributed by atoms with Crippen molar-refractivity contribution in [2.45, 2.75) is 32.9 Å². The first-order chi connectivity index (χ1) is 9.88. The third-order valence-corrected chi connectivity index (χ3v) is 4.17. The van der Waals surface area contributed by atoms with Gasteiger partial charge in [-0.05, 0) is 44.0 Å². The highest BCUT2D eigenvalue weighted by molar-refractivity contribution is 6.35. The Labute approximate surface area is 135 Å². The third kappa shape index (κ3) is 3.97. The molecule has 2 aromatic carbocycles. The van der Waals surface area contributed by atoms with E-state index < -0.39 is 5.82 Å². The molecule has 0 spiro atoms. The predicted octanol–water partition coefficient (Wildman–Crippen LogP) is 5.85. The maximum absolute atomic E-state index is 13.6. The minimum absolute atomic E-state index is 0.0442. The van der Waals surface area contributed by atoms with E-state index in [4.69, 9.17) is 23.2 Å². The van der Waals surface area contributed by atoms with Crippen LogP contribution < -0.4 is 5.32 Å². The quantitative estimate of drug-likeness (QED) is 0.695. The van der Waals surface area contributed by atoms with Crippen molar-refractivity contribution in [2.75, 3.05) is 0 Å². The lowest BCUT2D eigenvalue weighted by atomic mass is 10.0. The molecule has 0 bridgehead atoms. The van der Waals surface area contributed by atoms with Crippen LogP contribution in [0.25, 0.3) is 0 Å². The van der Waals surface area contributed by atoms with E-state index in [1.807, 2.05) is 13.0 Å². The van der Waals surface area contributed by atoms with Crippen LogP contribution in [0.2, 0.25) is 10.0 Å². The van der Waals surface area contributed by atoms with Gasteiger partial charge in [0.1, 0.15) is 5.82 Å². The fourth-order valence-corrected chi connectivity index (χ4v) is 2.92. The molecule has 0 amide bonds. The third-order valence-electron chi connectivity index (χ3n) is 3.55. The van der Waals surface area contributed by atoms with Crippen LogP contribution in [0.15, 0.2) is 36.4 Å². The molecule has 0 aliphatic heterocycles. The highest BCUT2D eigenvalue weighted by Gasteiger charge is 2.16. The Morgan fingerprint density at radius 1 is 1.00 bits per heavy atom. The van der Waals surface area contributed by atoms with E-state index in [1.54, 1.807) is 0 Å². The van der Waals surface area contributed by atoms with Crippen molar-refractivity contribution in [1.29, 1.82) is 0 Å².